The molecule has 3 N–H and O–H groups in total. The van der Waals surface area contributed by atoms with Crippen molar-refractivity contribution >= 4 is 11.7 Å². The number of carbonyl (C=O) groups excluding carboxylic acids is 1. The monoisotopic (exact) mass is 323 g/mol. The van der Waals surface area contributed by atoms with Crippen molar-refractivity contribution in [3.8, 4) is 5.75 Å². The Balaban J connectivity index is 1.77. The molecule has 23 heavy (non-hydrogen) atoms. The maximum absolute atomic E-state index is 12.0. The lowest BCUT2D eigenvalue weighted by atomic mass is 10.2. The number of morpholine rings is 1. The van der Waals surface area contributed by atoms with Gasteiger partial charge < -0.3 is 25.2 Å². The number of aliphatic hydroxyl groups is 1. The summed E-state index contributed by atoms with van der Waals surface area (Å²) < 4.78 is 10.5. The fourth-order valence-corrected chi connectivity index (χ4v) is 2.44. The van der Waals surface area contributed by atoms with Gasteiger partial charge in [0.2, 0.25) is 0 Å². The average molecular weight is 323 g/mol. The van der Waals surface area contributed by atoms with E-state index in [2.05, 4.69) is 15.5 Å². The molecule has 7 nitrogen and oxygen atoms in total. The highest BCUT2D eigenvalue weighted by Gasteiger charge is 2.15. The number of urea groups is 1. The normalized spacial score (nSPS) is 16.7. The molecule has 1 atom stereocenters. The van der Waals surface area contributed by atoms with Gasteiger partial charge in [0.15, 0.2) is 0 Å². The first-order chi connectivity index (χ1) is 11.1. The highest BCUT2D eigenvalue weighted by molar-refractivity contribution is 5.91. The third-order valence-electron chi connectivity index (χ3n) is 3.67. The number of β-amino-alcohol motifs (C(OH)–C–C–N with tert-alkyl or cyclic N) is 1. The van der Waals surface area contributed by atoms with Crippen LogP contribution in [0, 0.1) is 6.92 Å². The lowest BCUT2D eigenvalue weighted by Crippen LogP contribution is -2.45. The lowest BCUT2D eigenvalue weighted by Gasteiger charge is -2.28. The molecule has 0 bridgehead atoms. The first kappa shape index (κ1) is 17.5. The molecule has 1 fully saturated rings. The average Bonchev–Trinajstić information content (AvgIpc) is 2.54. The van der Waals surface area contributed by atoms with E-state index in [9.17, 15) is 9.90 Å². The van der Waals surface area contributed by atoms with E-state index in [-0.39, 0.29) is 12.6 Å². The second-order valence-electron chi connectivity index (χ2n) is 5.61. The van der Waals surface area contributed by atoms with E-state index in [1.54, 1.807) is 13.2 Å². The zero-order valence-electron chi connectivity index (χ0n) is 13.7. The zero-order chi connectivity index (χ0) is 16.7. The van der Waals surface area contributed by atoms with Gasteiger partial charge in [0.05, 0.1) is 32.1 Å². The van der Waals surface area contributed by atoms with Crippen LogP contribution in [0.25, 0.3) is 0 Å². The molecule has 2 amide bonds. The third kappa shape index (κ3) is 5.70. The van der Waals surface area contributed by atoms with E-state index in [1.165, 1.54) is 0 Å². The van der Waals surface area contributed by atoms with Crippen LogP contribution in [-0.4, -0.2) is 68.6 Å². The molecule has 0 aromatic heterocycles. The number of carbonyl (C=O) groups is 1. The van der Waals surface area contributed by atoms with Crippen LogP contribution in [0.3, 0.4) is 0 Å². The van der Waals surface area contributed by atoms with E-state index in [0.29, 0.717) is 31.2 Å². The minimum Gasteiger partial charge on any atom is -0.495 e. The summed E-state index contributed by atoms with van der Waals surface area (Å²) in [6.45, 7) is 5.65. The Hall–Kier alpha value is -1.83. The molecule has 2 rings (SSSR count). The number of aryl methyl sites for hydroxylation is 1. The molecule has 0 radical (unpaired) electrons. The lowest BCUT2D eigenvalue weighted by molar-refractivity contribution is 0.0154. The number of nitrogens with zero attached hydrogens (tertiary/aromatic N) is 1. The van der Waals surface area contributed by atoms with Crippen molar-refractivity contribution in [2.45, 2.75) is 13.0 Å². The molecule has 7 heteroatoms. The van der Waals surface area contributed by atoms with Crippen molar-refractivity contribution in [1.82, 2.24) is 10.2 Å². The Morgan fingerprint density at radius 3 is 2.87 bits per heavy atom. The van der Waals surface area contributed by atoms with Gasteiger partial charge in [-0.15, -0.1) is 0 Å². The van der Waals surface area contributed by atoms with Crippen LogP contribution in [-0.2, 0) is 4.74 Å². The SMILES string of the molecule is COc1ccc(C)cc1NC(=O)NCC(O)CN1CCOCC1. The van der Waals surface area contributed by atoms with Gasteiger partial charge in [-0.1, -0.05) is 6.07 Å². The maximum Gasteiger partial charge on any atom is 0.319 e. The van der Waals surface area contributed by atoms with E-state index < -0.39 is 6.10 Å². The minimum absolute atomic E-state index is 0.192. The number of nitrogens with one attached hydrogen (secondary N) is 2. The topological polar surface area (TPSA) is 83.1 Å². The number of aliphatic hydroxyl groups excluding tert-OH is 1. The highest BCUT2D eigenvalue weighted by Crippen LogP contribution is 2.24. The summed E-state index contributed by atoms with van der Waals surface area (Å²) in [4.78, 5) is 14.1. The molecular weight excluding hydrogens is 298 g/mol. The predicted octanol–water partition coefficient (Wildman–Crippen LogP) is 0.818. The van der Waals surface area contributed by atoms with Crippen molar-refractivity contribution in [3.63, 3.8) is 0 Å². The standard InChI is InChI=1S/C16H25N3O4/c1-12-3-4-15(22-2)14(9-12)18-16(21)17-10-13(20)11-19-5-7-23-8-6-19/h3-4,9,13,20H,5-8,10-11H2,1-2H3,(H2,17,18,21). The summed E-state index contributed by atoms with van der Waals surface area (Å²) in [5.74, 6) is 0.597. The van der Waals surface area contributed by atoms with Crippen LogP contribution in [0.15, 0.2) is 18.2 Å². The second kappa shape index (κ2) is 8.71. The van der Waals surface area contributed by atoms with Gasteiger partial charge in [0.25, 0.3) is 0 Å². The Morgan fingerprint density at radius 2 is 2.17 bits per heavy atom. The third-order valence-corrected chi connectivity index (χ3v) is 3.67. The molecule has 1 saturated heterocycles. The van der Waals surface area contributed by atoms with E-state index in [0.717, 1.165) is 18.7 Å². The molecule has 0 spiro atoms. The summed E-state index contributed by atoms with van der Waals surface area (Å²) in [5.41, 5.74) is 1.63. The van der Waals surface area contributed by atoms with Gasteiger partial charge in [-0.05, 0) is 24.6 Å². The second-order valence-corrected chi connectivity index (χ2v) is 5.61. The van der Waals surface area contributed by atoms with Crippen molar-refractivity contribution < 1.29 is 19.4 Å². The summed E-state index contributed by atoms with van der Waals surface area (Å²) >= 11 is 0. The quantitative estimate of drug-likeness (QED) is 0.722. The molecule has 1 aliphatic rings. The number of ether oxygens (including phenoxy) is 2. The summed E-state index contributed by atoms with van der Waals surface area (Å²) in [5, 5.41) is 15.4. The van der Waals surface area contributed by atoms with E-state index in [1.807, 2.05) is 19.1 Å². The van der Waals surface area contributed by atoms with Crippen LogP contribution in [0.1, 0.15) is 5.56 Å². The van der Waals surface area contributed by atoms with Gasteiger partial charge in [-0.3, -0.25) is 4.90 Å². The van der Waals surface area contributed by atoms with E-state index >= 15 is 0 Å². The smallest absolute Gasteiger partial charge is 0.319 e. The van der Waals surface area contributed by atoms with Gasteiger partial charge >= 0.3 is 6.03 Å². The van der Waals surface area contributed by atoms with Crippen molar-refractivity contribution in [1.29, 1.82) is 0 Å². The summed E-state index contributed by atoms with van der Waals surface area (Å²) in [6.07, 6.45) is -0.613. The summed E-state index contributed by atoms with van der Waals surface area (Å²) in [6, 6.07) is 5.18. The predicted molar refractivity (Wildman–Crippen MR) is 88.0 cm³/mol. The number of amides is 2. The minimum atomic E-state index is -0.613. The Morgan fingerprint density at radius 1 is 1.43 bits per heavy atom. The van der Waals surface area contributed by atoms with Gasteiger partial charge in [-0.25, -0.2) is 4.79 Å². The first-order valence-electron chi connectivity index (χ1n) is 7.76. The molecule has 1 heterocycles. The molecule has 1 unspecified atom stereocenters. The van der Waals surface area contributed by atoms with Crippen LogP contribution >= 0.6 is 0 Å². The van der Waals surface area contributed by atoms with Gasteiger partial charge in [0.1, 0.15) is 5.75 Å². The Kier molecular flexibility index (Phi) is 6.64. The first-order valence-corrected chi connectivity index (χ1v) is 7.76. The van der Waals surface area contributed by atoms with Crippen molar-refractivity contribution in [2.75, 3.05) is 51.8 Å². The fourth-order valence-electron chi connectivity index (χ4n) is 2.44. The number of hydrogen-bond acceptors (Lipinski definition) is 5. The van der Waals surface area contributed by atoms with Gasteiger partial charge in [-0.2, -0.15) is 0 Å². The summed E-state index contributed by atoms with van der Waals surface area (Å²) in [7, 11) is 1.56. The number of benzene rings is 1. The van der Waals surface area contributed by atoms with Crippen molar-refractivity contribution in [2.24, 2.45) is 0 Å². The van der Waals surface area contributed by atoms with Crippen LogP contribution < -0.4 is 15.4 Å². The molecule has 1 aromatic rings. The Bertz CT molecular complexity index is 518. The number of anilines is 1. The van der Waals surface area contributed by atoms with Crippen molar-refractivity contribution in [3.05, 3.63) is 23.8 Å². The molecule has 1 aromatic carbocycles. The molecule has 1 aliphatic heterocycles. The molecule has 0 aliphatic carbocycles. The Labute approximate surface area is 136 Å². The van der Waals surface area contributed by atoms with E-state index in [4.69, 9.17) is 9.47 Å². The molecule has 128 valence electrons. The number of hydrogen-bond donors (Lipinski definition) is 3. The zero-order valence-corrected chi connectivity index (χ0v) is 13.7. The number of methoxy groups -OCH3 is 1. The van der Waals surface area contributed by atoms with Crippen LogP contribution in [0.5, 0.6) is 5.75 Å². The highest BCUT2D eigenvalue weighted by atomic mass is 16.5. The molecule has 0 saturated carbocycles. The molecular formula is C16H25N3O4. The maximum atomic E-state index is 12.0. The van der Waals surface area contributed by atoms with Crippen LogP contribution in [0.2, 0.25) is 0 Å². The van der Waals surface area contributed by atoms with Crippen LogP contribution in [0.4, 0.5) is 10.5 Å². The fraction of sp³-hybridized carbons (Fsp3) is 0.562. The largest absolute Gasteiger partial charge is 0.495 e. The number of rotatable bonds is 6. The van der Waals surface area contributed by atoms with Gasteiger partial charge in [0, 0.05) is 26.2 Å².